The van der Waals surface area contributed by atoms with E-state index in [1.807, 2.05) is 0 Å². The number of hydrogen-bond acceptors (Lipinski definition) is 6. The molecule has 0 amide bonds. The number of nitro benzene ring substituents is 1. The lowest BCUT2D eigenvalue weighted by Crippen LogP contribution is -2.40. The van der Waals surface area contributed by atoms with E-state index in [9.17, 15) is 18.5 Å². The zero-order valence-corrected chi connectivity index (χ0v) is 15.2. The SMILES string of the molecule is O=[N+]([O-])c1cc(S(=O)(=O)N2CCOCC2)ccc1Nc1ccc(Cl)cc1. The summed E-state index contributed by atoms with van der Waals surface area (Å²) < 4.78 is 31.8. The maximum atomic E-state index is 12.7. The van der Waals surface area contributed by atoms with E-state index in [-0.39, 0.29) is 29.4 Å². The Hall–Kier alpha value is -2.20. The molecule has 0 saturated carbocycles. The Morgan fingerprint density at radius 1 is 1.12 bits per heavy atom. The van der Waals surface area contributed by atoms with Crippen molar-refractivity contribution in [3.8, 4) is 0 Å². The summed E-state index contributed by atoms with van der Waals surface area (Å²) in [5.41, 5.74) is 0.467. The number of rotatable bonds is 5. The maximum absolute atomic E-state index is 12.7. The standard InChI is InChI=1S/C16H16ClN3O5S/c17-12-1-3-13(4-2-12)18-15-6-5-14(11-16(15)20(21)22)26(23,24)19-7-9-25-10-8-19/h1-6,11,18H,7-10H2. The fourth-order valence-corrected chi connectivity index (χ4v) is 4.11. The van der Waals surface area contributed by atoms with Crippen molar-refractivity contribution in [2.45, 2.75) is 4.90 Å². The molecule has 3 rings (SSSR count). The van der Waals surface area contributed by atoms with Crippen LogP contribution in [0.4, 0.5) is 17.1 Å². The number of halogens is 1. The second kappa shape index (κ2) is 7.58. The Morgan fingerprint density at radius 3 is 2.38 bits per heavy atom. The summed E-state index contributed by atoms with van der Waals surface area (Å²) in [5, 5.41) is 14.9. The van der Waals surface area contributed by atoms with Gasteiger partial charge in [0.25, 0.3) is 5.69 Å². The van der Waals surface area contributed by atoms with Crippen molar-refractivity contribution in [2.75, 3.05) is 31.6 Å². The molecular weight excluding hydrogens is 382 g/mol. The van der Waals surface area contributed by atoms with E-state index >= 15 is 0 Å². The van der Waals surface area contributed by atoms with Crippen molar-refractivity contribution < 1.29 is 18.1 Å². The third-order valence-electron chi connectivity index (χ3n) is 3.90. The first kappa shape index (κ1) is 18.6. The summed E-state index contributed by atoms with van der Waals surface area (Å²) in [6, 6.07) is 10.5. The molecule has 138 valence electrons. The van der Waals surface area contributed by atoms with Gasteiger partial charge in [-0.25, -0.2) is 8.42 Å². The van der Waals surface area contributed by atoms with Crippen molar-refractivity contribution in [3.05, 3.63) is 57.6 Å². The predicted octanol–water partition coefficient (Wildman–Crippen LogP) is 3.01. The van der Waals surface area contributed by atoms with Gasteiger partial charge < -0.3 is 10.1 Å². The molecule has 0 atom stereocenters. The van der Waals surface area contributed by atoms with Gasteiger partial charge in [0, 0.05) is 29.9 Å². The van der Waals surface area contributed by atoms with Gasteiger partial charge in [0.1, 0.15) is 5.69 Å². The molecule has 0 radical (unpaired) electrons. The largest absolute Gasteiger partial charge is 0.379 e. The quantitative estimate of drug-likeness (QED) is 0.614. The molecular formula is C16H16ClN3O5S. The summed E-state index contributed by atoms with van der Waals surface area (Å²) in [7, 11) is -3.81. The molecule has 0 aliphatic carbocycles. The molecule has 2 aromatic carbocycles. The van der Waals surface area contributed by atoms with E-state index in [4.69, 9.17) is 16.3 Å². The van der Waals surface area contributed by atoms with Crippen molar-refractivity contribution in [1.29, 1.82) is 0 Å². The van der Waals surface area contributed by atoms with E-state index in [0.717, 1.165) is 6.07 Å². The number of nitro groups is 1. The first-order valence-electron chi connectivity index (χ1n) is 7.77. The van der Waals surface area contributed by atoms with Crippen molar-refractivity contribution >= 4 is 38.7 Å². The average molecular weight is 398 g/mol. The van der Waals surface area contributed by atoms with Gasteiger partial charge in [0.2, 0.25) is 10.0 Å². The van der Waals surface area contributed by atoms with E-state index in [2.05, 4.69) is 5.32 Å². The average Bonchev–Trinajstić information content (AvgIpc) is 2.64. The molecule has 0 unspecified atom stereocenters. The predicted molar refractivity (Wildman–Crippen MR) is 97.4 cm³/mol. The Bertz CT molecular complexity index is 912. The number of benzene rings is 2. The van der Waals surface area contributed by atoms with Gasteiger partial charge in [-0.1, -0.05) is 11.6 Å². The number of nitrogens with one attached hydrogen (secondary N) is 1. The molecule has 0 spiro atoms. The minimum Gasteiger partial charge on any atom is -0.379 e. The highest BCUT2D eigenvalue weighted by Crippen LogP contribution is 2.31. The first-order chi connectivity index (χ1) is 12.4. The summed E-state index contributed by atoms with van der Waals surface area (Å²) in [4.78, 5) is 10.7. The molecule has 1 heterocycles. The number of sulfonamides is 1. The second-order valence-corrected chi connectivity index (χ2v) is 7.96. The van der Waals surface area contributed by atoms with Crippen LogP contribution in [0.15, 0.2) is 47.4 Å². The lowest BCUT2D eigenvalue weighted by molar-refractivity contribution is -0.384. The zero-order chi connectivity index (χ0) is 18.7. The van der Waals surface area contributed by atoms with E-state index in [0.29, 0.717) is 23.9 Å². The van der Waals surface area contributed by atoms with E-state index in [1.54, 1.807) is 24.3 Å². The van der Waals surface area contributed by atoms with Gasteiger partial charge in [-0.3, -0.25) is 10.1 Å². The van der Waals surface area contributed by atoms with E-state index < -0.39 is 14.9 Å². The molecule has 0 bridgehead atoms. The molecule has 1 saturated heterocycles. The minimum atomic E-state index is -3.81. The van der Waals surface area contributed by atoms with Crippen molar-refractivity contribution in [1.82, 2.24) is 4.31 Å². The fourth-order valence-electron chi connectivity index (χ4n) is 2.55. The highest BCUT2D eigenvalue weighted by molar-refractivity contribution is 7.89. The van der Waals surface area contributed by atoms with Crippen LogP contribution in [0.25, 0.3) is 0 Å². The third kappa shape index (κ3) is 3.96. The van der Waals surface area contributed by atoms with E-state index in [1.165, 1.54) is 16.4 Å². The molecule has 8 nitrogen and oxygen atoms in total. The lowest BCUT2D eigenvalue weighted by atomic mass is 10.2. The number of anilines is 2. The van der Waals surface area contributed by atoms with Gasteiger partial charge in [0.15, 0.2) is 0 Å². The van der Waals surface area contributed by atoms with Crippen LogP contribution in [0.2, 0.25) is 5.02 Å². The van der Waals surface area contributed by atoms with Crippen LogP contribution in [0.3, 0.4) is 0 Å². The summed E-state index contributed by atoms with van der Waals surface area (Å²) >= 11 is 5.82. The molecule has 1 N–H and O–H groups in total. The van der Waals surface area contributed by atoms with Crippen LogP contribution in [-0.4, -0.2) is 43.9 Å². The summed E-state index contributed by atoms with van der Waals surface area (Å²) in [6.45, 7) is 1.05. The molecule has 1 aliphatic rings. The van der Waals surface area contributed by atoms with Crippen molar-refractivity contribution in [2.24, 2.45) is 0 Å². The molecule has 1 aliphatic heterocycles. The van der Waals surface area contributed by atoms with Gasteiger partial charge in [-0.05, 0) is 36.4 Å². The Labute approximate surface area is 155 Å². The second-order valence-electron chi connectivity index (χ2n) is 5.58. The Morgan fingerprint density at radius 2 is 1.77 bits per heavy atom. The van der Waals surface area contributed by atoms with Crippen molar-refractivity contribution in [3.63, 3.8) is 0 Å². The van der Waals surface area contributed by atoms with Crippen LogP contribution in [0.5, 0.6) is 0 Å². The van der Waals surface area contributed by atoms with Gasteiger partial charge in [-0.2, -0.15) is 4.31 Å². The molecule has 26 heavy (non-hydrogen) atoms. The third-order valence-corrected chi connectivity index (χ3v) is 6.04. The summed E-state index contributed by atoms with van der Waals surface area (Å²) in [6.07, 6.45) is 0. The van der Waals surface area contributed by atoms with Crippen LogP contribution < -0.4 is 5.32 Å². The van der Waals surface area contributed by atoms with Gasteiger partial charge >= 0.3 is 0 Å². The van der Waals surface area contributed by atoms with Crippen LogP contribution >= 0.6 is 11.6 Å². The number of nitrogens with zero attached hydrogens (tertiary/aromatic N) is 2. The lowest BCUT2D eigenvalue weighted by Gasteiger charge is -2.26. The Balaban J connectivity index is 1.93. The summed E-state index contributed by atoms with van der Waals surface area (Å²) in [5.74, 6) is 0. The normalized spacial score (nSPS) is 15.6. The highest BCUT2D eigenvalue weighted by atomic mass is 35.5. The van der Waals surface area contributed by atoms with Gasteiger partial charge in [0.05, 0.1) is 23.0 Å². The number of ether oxygens (including phenoxy) is 1. The fraction of sp³-hybridized carbons (Fsp3) is 0.250. The monoisotopic (exact) mass is 397 g/mol. The van der Waals surface area contributed by atoms with Crippen LogP contribution in [-0.2, 0) is 14.8 Å². The van der Waals surface area contributed by atoms with Gasteiger partial charge in [-0.15, -0.1) is 0 Å². The zero-order valence-electron chi connectivity index (χ0n) is 13.6. The smallest absolute Gasteiger partial charge is 0.294 e. The molecule has 0 aromatic heterocycles. The van der Waals surface area contributed by atoms with Crippen LogP contribution in [0, 0.1) is 10.1 Å². The Kier molecular flexibility index (Phi) is 5.42. The minimum absolute atomic E-state index is 0.118. The maximum Gasteiger partial charge on any atom is 0.294 e. The van der Waals surface area contributed by atoms with Crippen LogP contribution in [0.1, 0.15) is 0 Å². The number of morpholine rings is 1. The first-order valence-corrected chi connectivity index (χ1v) is 9.59. The topological polar surface area (TPSA) is 102 Å². The highest BCUT2D eigenvalue weighted by Gasteiger charge is 2.28. The molecule has 2 aromatic rings. The molecule has 1 fully saturated rings. The number of hydrogen-bond donors (Lipinski definition) is 1. The molecule has 10 heteroatoms.